The molecule has 1 aromatic heterocycles. The van der Waals surface area contributed by atoms with Crippen molar-refractivity contribution in [1.82, 2.24) is 0 Å². The molecule has 262 valence electrons. The molecule has 0 spiro atoms. The van der Waals surface area contributed by atoms with Gasteiger partial charge in [0.05, 0.1) is 11.1 Å². The molecular weight excluding hydrogens is 679 g/mol. The average Bonchev–Trinajstić information content (AvgIpc) is 3.66. The molecule has 0 atom stereocenters. The Morgan fingerprint density at radius 3 is 1.50 bits per heavy atom. The number of anilines is 3. The summed E-state index contributed by atoms with van der Waals surface area (Å²) in [6, 6.07) is 76.4. The van der Waals surface area contributed by atoms with E-state index in [1.165, 1.54) is 65.7 Å². The van der Waals surface area contributed by atoms with E-state index in [4.69, 9.17) is 4.42 Å². The Balaban J connectivity index is 0.982. The lowest BCUT2D eigenvalue weighted by molar-refractivity contribution is 0.669. The highest BCUT2D eigenvalue weighted by Gasteiger charge is 2.20. The maximum Gasteiger partial charge on any atom is 0.137 e. The smallest absolute Gasteiger partial charge is 0.137 e. The summed E-state index contributed by atoms with van der Waals surface area (Å²) in [5.41, 5.74) is 12.2. The number of hydrogen-bond acceptors (Lipinski definition) is 2. The largest absolute Gasteiger partial charge is 0.456 e. The van der Waals surface area contributed by atoms with Crippen LogP contribution >= 0.6 is 0 Å². The van der Waals surface area contributed by atoms with E-state index in [0.29, 0.717) is 0 Å². The molecule has 0 radical (unpaired) electrons. The van der Waals surface area contributed by atoms with Gasteiger partial charge < -0.3 is 9.32 Å². The van der Waals surface area contributed by atoms with Gasteiger partial charge in [-0.3, -0.25) is 0 Å². The first-order valence-corrected chi connectivity index (χ1v) is 19.2. The van der Waals surface area contributed by atoms with Gasteiger partial charge in [-0.1, -0.05) is 170 Å². The minimum absolute atomic E-state index is 0.872. The molecule has 0 saturated heterocycles. The lowest BCUT2D eigenvalue weighted by Gasteiger charge is -2.26. The van der Waals surface area contributed by atoms with Crippen LogP contribution < -0.4 is 4.90 Å². The maximum atomic E-state index is 6.37. The van der Waals surface area contributed by atoms with E-state index in [9.17, 15) is 0 Å². The first-order chi connectivity index (χ1) is 27.8. The van der Waals surface area contributed by atoms with Gasteiger partial charge in [0.1, 0.15) is 11.2 Å². The number of benzene rings is 10. The molecule has 11 aromatic rings. The Labute approximate surface area is 325 Å². The van der Waals surface area contributed by atoms with Crippen LogP contribution in [0.5, 0.6) is 0 Å². The molecule has 0 unspecified atom stereocenters. The third-order valence-corrected chi connectivity index (χ3v) is 11.3. The molecule has 0 saturated carbocycles. The zero-order valence-corrected chi connectivity index (χ0v) is 30.6. The number of rotatable bonds is 6. The summed E-state index contributed by atoms with van der Waals surface area (Å²) in [5.74, 6) is 0. The van der Waals surface area contributed by atoms with E-state index in [1.807, 2.05) is 12.1 Å². The maximum absolute atomic E-state index is 6.37. The number of fused-ring (bicyclic) bond motifs is 7. The van der Waals surface area contributed by atoms with Crippen LogP contribution in [-0.4, -0.2) is 0 Å². The Hall–Kier alpha value is -7.42. The Morgan fingerprint density at radius 2 is 0.768 bits per heavy atom. The fraction of sp³-hybridized carbons (Fsp3) is 0. The van der Waals surface area contributed by atoms with Crippen LogP contribution in [0.3, 0.4) is 0 Å². The second kappa shape index (κ2) is 13.2. The minimum atomic E-state index is 0.872. The van der Waals surface area contributed by atoms with Crippen LogP contribution in [0.2, 0.25) is 0 Å². The quantitative estimate of drug-likeness (QED) is 0.160. The number of para-hydroxylation sites is 1. The van der Waals surface area contributed by atoms with Gasteiger partial charge in [-0.05, 0) is 108 Å². The summed E-state index contributed by atoms with van der Waals surface area (Å²) in [6.45, 7) is 0. The zero-order valence-electron chi connectivity index (χ0n) is 30.6. The molecule has 0 aliphatic carbocycles. The van der Waals surface area contributed by atoms with Gasteiger partial charge in [-0.25, -0.2) is 0 Å². The molecule has 0 fully saturated rings. The van der Waals surface area contributed by atoms with Gasteiger partial charge in [-0.2, -0.15) is 0 Å². The molecule has 10 aromatic carbocycles. The van der Waals surface area contributed by atoms with Gasteiger partial charge >= 0.3 is 0 Å². The Morgan fingerprint density at radius 1 is 0.286 bits per heavy atom. The van der Waals surface area contributed by atoms with Crippen LogP contribution in [0.25, 0.3) is 87.6 Å². The molecule has 11 rings (SSSR count). The van der Waals surface area contributed by atoms with Crippen molar-refractivity contribution >= 4 is 71.3 Å². The molecule has 56 heavy (non-hydrogen) atoms. The van der Waals surface area contributed by atoms with Crippen LogP contribution in [0.4, 0.5) is 17.1 Å². The lowest BCUT2D eigenvalue weighted by Crippen LogP contribution is -2.10. The van der Waals surface area contributed by atoms with Crippen molar-refractivity contribution < 1.29 is 4.42 Å². The van der Waals surface area contributed by atoms with E-state index < -0.39 is 0 Å². The number of nitrogens with zero attached hydrogens (tertiary/aromatic N) is 1. The highest BCUT2D eigenvalue weighted by molar-refractivity contribution is 6.14. The van der Waals surface area contributed by atoms with Crippen molar-refractivity contribution in [2.24, 2.45) is 0 Å². The van der Waals surface area contributed by atoms with Crippen molar-refractivity contribution in [3.8, 4) is 33.4 Å². The summed E-state index contributed by atoms with van der Waals surface area (Å²) in [7, 11) is 0. The van der Waals surface area contributed by atoms with Gasteiger partial charge in [0, 0.05) is 16.8 Å². The van der Waals surface area contributed by atoms with E-state index in [1.54, 1.807) is 0 Å². The molecule has 1 heterocycles. The molecule has 0 amide bonds. The third-order valence-electron chi connectivity index (χ3n) is 11.3. The van der Waals surface area contributed by atoms with Crippen molar-refractivity contribution in [3.05, 3.63) is 212 Å². The molecular formula is C54H35NO. The molecule has 0 aliphatic heterocycles. The Kier molecular flexibility index (Phi) is 7.53. The SMILES string of the molecule is c1ccc2c(-c3ccc(N(c4ccc(-c5ccc(-c6cccc7c6ccc6ccccc67)cc5)cc4)c4cccc5oc6ccccc6c45)cc3)cccc2c1. The van der Waals surface area contributed by atoms with Crippen LogP contribution in [-0.2, 0) is 0 Å². The van der Waals surface area contributed by atoms with Crippen LogP contribution in [0, 0.1) is 0 Å². The molecule has 0 aliphatic rings. The first-order valence-electron chi connectivity index (χ1n) is 19.2. The summed E-state index contributed by atoms with van der Waals surface area (Å²) >= 11 is 0. The van der Waals surface area contributed by atoms with Crippen molar-refractivity contribution in [1.29, 1.82) is 0 Å². The number of furan rings is 1. The summed E-state index contributed by atoms with van der Waals surface area (Å²) < 4.78 is 6.37. The fourth-order valence-electron chi connectivity index (χ4n) is 8.57. The molecule has 2 heteroatoms. The van der Waals surface area contributed by atoms with Gasteiger partial charge in [0.2, 0.25) is 0 Å². The molecule has 2 nitrogen and oxygen atoms in total. The van der Waals surface area contributed by atoms with Crippen LogP contribution in [0.15, 0.2) is 217 Å². The summed E-state index contributed by atoms with van der Waals surface area (Å²) in [4.78, 5) is 2.36. The van der Waals surface area contributed by atoms with Gasteiger partial charge in [0.25, 0.3) is 0 Å². The zero-order chi connectivity index (χ0) is 37.0. The number of hydrogen-bond donors (Lipinski definition) is 0. The summed E-state index contributed by atoms with van der Waals surface area (Å²) in [5, 5.41) is 9.81. The predicted octanol–water partition coefficient (Wildman–Crippen LogP) is 15.5. The van der Waals surface area contributed by atoms with Crippen molar-refractivity contribution in [2.75, 3.05) is 4.90 Å². The topological polar surface area (TPSA) is 16.4 Å². The normalized spacial score (nSPS) is 11.6. The minimum Gasteiger partial charge on any atom is -0.456 e. The summed E-state index contributed by atoms with van der Waals surface area (Å²) in [6.07, 6.45) is 0. The first kappa shape index (κ1) is 32.0. The van der Waals surface area contributed by atoms with Crippen LogP contribution in [0.1, 0.15) is 0 Å². The lowest BCUT2D eigenvalue weighted by atomic mass is 9.93. The van der Waals surface area contributed by atoms with E-state index in [0.717, 1.165) is 39.0 Å². The Bertz CT molecular complexity index is 3220. The van der Waals surface area contributed by atoms with E-state index in [2.05, 4.69) is 205 Å². The van der Waals surface area contributed by atoms with E-state index in [-0.39, 0.29) is 0 Å². The molecule has 0 N–H and O–H groups in total. The highest BCUT2D eigenvalue weighted by Crippen LogP contribution is 2.44. The van der Waals surface area contributed by atoms with E-state index >= 15 is 0 Å². The van der Waals surface area contributed by atoms with Crippen molar-refractivity contribution in [3.63, 3.8) is 0 Å². The standard InChI is InChI=1S/C54H35NO/c1-3-13-44-38(10-1)12-7-16-45(44)41-28-33-43(34-29-41)55(51-19-9-21-53-54(51)50-15-5-6-20-52(50)56-53)42-31-26-37(27-32-42)36-22-24-40(25-23-36)47-17-8-18-48-46-14-4-2-11-39(46)30-35-49(47)48/h1-35H. The predicted molar refractivity (Wildman–Crippen MR) is 237 cm³/mol. The van der Waals surface area contributed by atoms with Crippen molar-refractivity contribution in [2.45, 2.75) is 0 Å². The monoisotopic (exact) mass is 713 g/mol. The second-order valence-corrected chi connectivity index (χ2v) is 14.5. The third kappa shape index (κ3) is 5.34. The highest BCUT2D eigenvalue weighted by atomic mass is 16.3. The van der Waals surface area contributed by atoms with Gasteiger partial charge in [0.15, 0.2) is 0 Å². The molecule has 0 bridgehead atoms. The second-order valence-electron chi connectivity index (χ2n) is 14.5. The van der Waals surface area contributed by atoms with Gasteiger partial charge in [-0.15, -0.1) is 0 Å². The fourth-order valence-corrected chi connectivity index (χ4v) is 8.57. The average molecular weight is 714 g/mol.